The molecule has 25 heavy (non-hydrogen) atoms. The number of ether oxygens (including phenoxy) is 1. The Kier molecular flexibility index (Phi) is 11.2. The van der Waals surface area contributed by atoms with E-state index < -0.39 is 16.0 Å². The molecule has 1 aliphatic rings. The van der Waals surface area contributed by atoms with Crippen LogP contribution in [0.1, 0.15) is 17.3 Å². The summed E-state index contributed by atoms with van der Waals surface area (Å²) in [5.74, 6) is -0.455. The number of halogens is 2. The molecule has 2 N–H and O–H groups in total. The van der Waals surface area contributed by atoms with Crippen molar-refractivity contribution in [1.82, 2.24) is 14.9 Å². The lowest BCUT2D eigenvalue weighted by Gasteiger charge is -2.27. The zero-order chi connectivity index (χ0) is 16.7. The lowest BCUT2D eigenvalue weighted by Crippen LogP contribution is -2.46. The largest absolute Gasteiger partial charge is 0.462 e. The molecule has 0 atom stereocenters. The summed E-state index contributed by atoms with van der Waals surface area (Å²) in [7, 11) is -3.56. The van der Waals surface area contributed by atoms with Gasteiger partial charge in [0, 0.05) is 39.3 Å². The molecule has 144 valence electrons. The standard InChI is InChI=1S/C15H23N3O4S.2ClH/c1-2-22-15(19)13-3-5-14(6-4-13)23(20,21)17-9-12-18-10-7-16-8-11-18;;/h3-6,16-17H,2,7-12H2,1H3;2*1H. The molecule has 0 radical (unpaired) electrons. The number of rotatable bonds is 7. The molecule has 0 aliphatic carbocycles. The minimum Gasteiger partial charge on any atom is -0.462 e. The summed E-state index contributed by atoms with van der Waals surface area (Å²) in [4.78, 5) is 13.9. The summed E-state index contributed by atoms with van der Waals surface area (Å²) in [6.45, 7) is 6.77. The van der Waals surface area contributed by atoms with E-state index in [0.717, 1.165) is 26.2 Å². The van der Waals surface area contributed by atoms with Crippen molar-refractivity contribution in [3.63, 3.8) is 0 Å². The van der Waals surface area contributed by atoms with Crippen LogP contribution in [0, 0.1) is 0 Å². The molecule has 0 amide bonds. The van der Waals surface area contributed by atoms with Crippen LogP contribution in [-0.4, -0.2) is 65.2 Å². The van der Waals surface area contributed by atoms with E-state index >= 15 is 0 Å². The van der Waals surface area contributed by atoms with Crippen LogP contribution in [-0.2, 0) is 14.8 Å². The van der Waals surface area contributed by atoms with E-state index in [-0.39, 0.29) is 36.3 Å². The fourth-order valence-electron chi connectivity index (χ4n) is 2.34. The Morgan fingerprint density at radius 3 is 2.36 bits per heavy atom. The average molecular weight is 414 g/mol. The molecule has 1 aliphatic heterocycles. The highest BCUT2D eigenvalue weighted by molar-refractivity contribution is 7.89. The molecule has 1 aromatic carbocycles. The molecule has 2 rings (SSSR count). The van der Waals surface area contributed by atoms with Crippen molar-refractivity contribution in [1.29, 1.82) is 0 Å². The maximum atomic E-state index is 12.2. The number of benzene rings is 1. The number of nitrogens with one attached hydrogen (secondary N) is 2. The van der Waals surface area contributed by atoms with Crippen molar-refractivity contribution in [2.75, 3.05) is 45.9 Å². The molecule has 1 saturated heterocycles. The first-order chi connectivity index (χ1) is 11.0. The molecule has 0 saturated carbocycles. The maximum Gasteiger partial charge on any atom is 0.338 e. The van der Waals surface area contributed by atoms with Crippen molar-refractivity contribution < 1.29 is 17.9 Å². The predicted molar refractivity (Wildman–Crippen MR) is 101 cm³/mol. The smallest absolute Gasteiger partial charge is 0.338 e. The number of hydrogen-bond donors (Lipinski definition) is 2. The second kappa shape index (κ2) is 11.7. The van der Waals surface area contributed by atoms with Gasteiger partial charge >= 0.3 is 5.97 Å². The van der Waals surface area contributed by atoms with E-state index in [2.05, 4.69) is 14.9 Å². The van der Waals surface area contributed by atoms with Gasteiger partial charge in [-0.25, -0.2) is 17.9 Å². The zero-order valence-electron chi connectivity index (χ0n) is 14.1. The van der Waals surface area contributed by atoms with Gasteiger partial charge in [-0.05, 0) is 31.2 Å². The normalized spacial score (nSPS) is 14.9. The highest BCUT2D eigenvalue weighted by Gasteiger charge is 2.16. The van der Waals surface area contributed by atoms with Gasteiger partial charge in [0.15, 0.2) is 0 Å². The summed E-state index contributed by atoms with van der Waals surface area (Å²) in [5, 5.41) is 3.25. The van der Waals surface area contributed by atoms with Gasteiger partial charge in [-0.3, -0.25) is 4.90 Å². The van der Waals surface area contributed by atoms with E-state index in [4.69, 9.17) is 4.74 Å². The monoisotopic (exact) mass is 413 g/mol. The number of piperazine rings is 1. The Hall–Kier alpha value is -0.900. The van der Waals surface area contributed by atoms with Crippen molar-refractivity contribution >= 4 is 40.8 Å². The predicted octanol–water partition coefficient (Wildman–Crippen LogP) is 0.890. The summed E-state index contributed by atoms with van der Waals surface area (Å²) >= 11 is 0. The summed E-state index contributed by atoms with van der Waals surface area (Å²) < 4.78 is 31.9. The molecule has 0 bridgehead atoms. The summed E-state index contributed by atoms with van der Waals surface area (Å²) in [5.41, 5.74) is 0.339. The zero-order valence-corrected chi connectivity index (χ0v) is 16.5. The second-order valence-corrected chi connectivity index (χ2v) is 7.00. The van der Waals surface area contributed by atoms with Crippen molar-refractivity contribution in [3.8, 4) is 0 Å². The van der Waals surface area contributed by atoms with Gasteiger partial charge in [0.25, 0.3) is 0 Å². The van der Waals surface area contributed by atoms with Gasteiger partial charge < -0.3 is 10.1 Å². The number of nitrogens with zero attached hydrogens (tertiary/aromatic N) is 1. The van der Waals surface area contributed by atoms with Crippen LogP contribution in [0.15, 0.2) is 29.2 Å². The maximum absolute atomic E-state index is 12.2. The van der Waals surface area contributed by atoms with E-state index in [0.29, 0.717) is 18.7 Å². The SMILES string of the molecule is CCOC(=O)c1ccc(S(=O)(=O)NCCN2CCNCC2)cc1.Cl.Cl. The van der Waals surface area contributed by atoms with Crippen LogP contribution < -0.4 is 10.0 Å². The van der Waals surface area contributed by atoms with Gasteiger partial charge in [0.1, 0.15) is 0 Å². The van der Waals surface area contributed by atoms with Gasteiger partial charge in [-0.2, -0.15) is 0 Å². The van der Waals surface area contributed by atoms with E-state index in [1.54, 1.807) is 6.92 Å². The van der Waals surface area contributed by atoms with Gasteiger partial charge in [0.05, 0.1) is 17.1 Å². The van der Waals surface area contributed by atoms with Crippen LogP contribution in [0.25, 0.3) is 0 Å². The first kappa shape index (κ1) is 24.1. The number of carbonyl (C=O) groups is 1. The Morgan fingerprint density at radius 1 is 1.20 bits per heavy atom. The van der Waals surface area contributed by atoms with Crippen LogP contribution in [0.3, 0.4) is 0 Å². The number of hydrogen-bond acceptors (Lipinski definition) is 6. The Morgan fingerprint density at radius 2 is 1.80 bits per heavy atom. The number of carbonyl (C=O) groups excluding carboxylic acids is 1. The van der Waals surface area contributed by atoms with Crippen LogP contribution in [0.4, 0.5) is 0 Å². The van der Waals surface area contributed by atoms with Gasteiger partial charge in [0.2, 0.25) is 10.0 Å². The Labute approximate surface area is 161 Å². The Bertz CT molecular complexity index is 620. The van der Waals surface area contributed by atoms with E-state index in [1.165, 1.54) is 24.3 Å². The third-order valence-corrected chi connectivity index (χ3v) is 5.08. The number of esters is 1. The molecular weight excluding hydrogens is 389 g/mol. The summed E-state index contributed by atoms with van der Waals surface area (Å²) in [6.07, 6.45) is 0. The van der Waals surface area contributed by atoms with Crippen molar-refractivity contribution in [2.24, 2.45) is 0 Å². The third-order valence-electron chi connectivity index (χ3n) is 3.61. The summed E-state index contributed by atoms with van der Waals surface area (Å²) in [6, 6.07) is 5.75. The highest BCUT2D eigenvalue weighted by Crippen LogP contribution is 2.11. The van der Waals surface area contributed by atoms with Gasteiger partial charge in [-0.15, -0.1) is 24.8 Å². The fraction of sp³-hybridized carbons (Fsp3) is 0.533. The minimum atomic E-state index is -3.56. The average Bonchev–Trinajstić information content (AvgIpc) is 2.56. The Balaban J connectivity index is 0.00000288. The number of sulfonamides is 1. The molecule has 7 nitrogen and oxygen atoms in total. The molecule has 1 heterocycles. The minimum absolute atomic E-state index is 0. The fourth-order valence-corrected chi connectivity index (χ4v) is 3.36. The van der Waals surface area contributed by atoms with Crippen molar-refractivity contribution in [2.45, 2.75) is 11.8 Å². The molecule has 1 aromatic rings. The first-order valence-electron chi connectivity index (χ1n) is 7.73. The first-order valence-corrected chi connectivity index (χ1v) is 9.21. The van der Waals surface area contributed by atoms with Crippen LogP contribution in [0.2, 0.25) is 0 Å². The van der Waals surface area contributed by atoms with Crippen LogP contribution in [0.5, 0.6) is 0 Å². The molecule has 0 spiro atoms. The van der Waals surface area contributed by atoms with Gasteiger partial charge in [-0.1, -0.05) is 0 Å². The molecule has 0 aromatic heterocycles. The van der Waals surface area contributed by atoms with Crippen LogP contribution >= 0.6 is 24.8 Å². The molecule has 0 unspecified atom stereocenters. The molecular formula is C15H25Cl2N3O4S. The lowest BCUT2D eigenvalue weighted by molar-refractivity contribution is 0.0526. The quantitative estimate of drug-likeness (QED) is 0.645. The van der Waals surface area contributed by atoms with E-state index in [9.17, 15) is 13.2 Å². The topological polar surface area (TPSA) is 87.7 Å². The third kappa shape index (κ3) is 7.47. The van der Waals surface area contributed by atoms with Crippen molar-refractivity contribution in [3.05, 3.63) is 29.8 Å². The highest BCUT2D eigenvalue weighted by atomic mass is 35.5. The molecule has 1 fully saturated rings. The second-order valence-electron chi connectivity index (χ2n) is 5.23. The molecule has 10 heteroatoms. The lowest BCUT2D eigenvalue weighted by atomic mass is 10.2. The van der Waals surface area contributed by atoms with E-state index in [1.807, 2.05) is 0 Å².